The highest BCUT2D eigenvalue weighted by atomic mass is 127. The van der Waals surface area contributed by atoms with Gasteiger partial charge in [0.15, 0.2) is 5.13 Å². The van der Waals surface area contributed by atoms with Crippen LogP contribution >= 0.6 is 33.9 Å². The minimum absolute atomic E-state index is 0.0789. The fraction of sp³-hybridized carbons (Fsp3) is 0.143. The van der Waals surface area contributed by atoms with Crippen LogP contribution in [-0.2, 0) is 6.54 Å². The number of carbonyl (C=O) groups is 1. The lowest BCUT2D eigenvalue weighted by atomic mass is 10.1. The van der Waals surface area contributed by atoms with Gasteiger partial charge in [-0.05, 0) is 77.9 Å². The number of benzene rings is 2. The standard InChI is InChI=1S/C21H17IN2O2S/c1-13-10-14(2)19-18(11-13)27-21(23-19)24(12-15-6-5-9-26-15)20(25)16-7-3-4-8-17(16)22/h3-11H,12H2,1-2H3. The van der Waals surface area contributed by atoms with Crippen LogP contribution in [0.4, 0.5) is 5.13 Å². The van der Waals surface area contributed by atoms with Gasteiger partial charge in [-0.2, -0.15) is 0 Å². The van der Waals surface area contributed by atoms with Gasteiger partial charge >= 0.3 is 0 Å². The molecule has 0 atom stereocenters. The van der Waals surface area contributed by atoms with Crippen molar-refractivity contribution in [2.45, 2.75) is 20.4 Å². The van der Waals surface area contributed by atoms with Crippen LogP contribution in [0.15, 0.2) is 59.2 Å². The van der Waals surface area contributed by atoms with E-state index in [-0.39, 0.29) is 5.91 Å². The highest BCUT2D eigenvalue weighted by molar-refractivity contribution is 14.1. The average molecular weight is 488 g/mol. The van der Waals surface area contributed by atoms with Gasteiger partial charge in [0.1, 0.15) is 5.76 Å². The first-order valence-electron chi connectivity index (χ1n) is 8.49. The zero-order chi connectivity index (χ0) is 19.0. The number of anilines is 1. The molecule has 0 aliphatic rings. The highest BCUT2D eigenvalue weighted by Gasteiger charge is 2.24. The van der Waals surface area contributed by atoms with E-state index in [0.717, 1.165) is 25.1 Å². The minimum atomic E-state index is -0.0789. The lowest BCUT2D eigenvalue weighted by Gasteiger charge is -2.19. The molecular weight excluding hydrogens is 471 g/mol. The van der Waals surface area contributed by atoms with Crippen LogP contribution in [-0.4, -0.2) is 10.9 Å². The zero-order valence-electron chi connectivity index (χ0n) is 14.9. The summed E-state index contributed by atoms with van der Waals surface area (Å²) >= 11 is 3.73. The van der Waals surface area contributed by atoms with Crippen molar-refractivity contribution in [1.82, 2.24) is 4.98 Å². The van der Waals surface area contributed by atoms with E-state index in [1.165, 1.54) is 16.9 Å². The van der Waals surface area contributed by atoms with Crippen molar-refractivity contribution < 1.29 is 9.21 Å². The van der Waals surface area contributed by atoms with Crippen LogP contribution in [0.1, 0.15) is 27.2 Å². The fourth-order valence-electron chi connectivity index (χ4n) is 3.04. The van der Waals surface area contributed by atoms with Crippen molar-refractivity contribution in [2.24, 2.45) is 0 Å². The number of rotatable bonds is 4. The maximum Gasteiger partial charge on any atom is 0.261 e. The Hall–Kier alpha value is -2.19. The predicted octanol–water partition coefficient (Wildman–Crippen LogP) is 5.96. The molecule has 4 nitrogen and oxygen atoms in total. The predicted molar refractivity (Wildman–Crippen MR) is 117 cm³/mol. The first-order valence-corrected chi connectivity index (χ1v) is 10.4. The SMILES string of the molecule is Cc1cc(C)c2nc(N(Cc3ccco3)C(=O)c3ccccc3I)sc2c1. The molecular formula is C21H17IN2O2S. The molecule has 0 bridgehead atoms. The van der Waals surface area contributed by atoms with Gasteiger partial charge in [0.2, 0.25) is 0 Å². The van der Waals surface area contributed by atoms with E-state index in [1.807, 2.05) is 36.4 Å². The number of nitrogens with zero attached hydrogens (tertiary/aromatic N) is 2. The van der Waals surface area contributed by atoms with Crippen LogP contribution in [0, 0.1) is 17.4 Å². The van der Waals surface area contributed by atoms with Crippen molar-refractivity contribution >= 4 is 55.2 Å². The van der Waals surface area contributed by atoms with Crippen molar-refractivity contribution in [3.63, 3.8) is 0 Å². The molecule has 0 saturated carbocycles. The second-order valence-electron chi connectivity index (χ2n) is 6.38. The van der Waals surface area contributed by atoms with E-state index in [2.05, 4.69) is 48.6 Å². The lowest BCUT2D eigenvalue weighted by molar-refractivity contribution is 0.0982. The summed E-state index contributed by atoms with van der Waals surface area (Å²) < 4.78 is 7.50. The molecule has 0 unspecified atom stereocenters. The summed E-state index contributed by atoms with van der Waals surface area (Å²) in [6.45, 7) is 4.47. The summed E-state index contributed by atoms with van der Waals surface area (Å²) in [7, 11) is 0. The van der Waals surface area contributed by atoms with E-state index in [4.69, 9.17) is 9.40 Å². The second-order valence-corrected chi connectivity index (χ2v) is 8.55. The third kappa shape index (κ3) is 3.64. The maximum absolute atomic E-state index is 13.4. The molecule has 0 saturated heterocycles. The molecule has 2 aromatic heterocycles. The largest absolute Gasteiger partial charge is 0.467 e. The summed E-state index contributed by atoms with van der Waals surface area (Å²) in [6.07, 6.45) is 1.62. The molecule has 4 rings (SSSR count). The summed E-state index contributed by atoms with van der Waals surface area (Å²) in [4.78, 5) is 19.9. The lowest BCUT2D eigenvalue weighted by Crippen LogP contribution is -2.30. The highest BCUT2D eigenvalue weighted by Crippen LogP contribution is 2.33. The molecule has 2 heterocycles. The molecule has 2 aromatic carbocycles. The van der Waals surface area contributed by atoms with E-state index in [1.54, 1.807) is 11.2 Å². The van der Waals surface area contributed by atoms with E-state index >= 15 is 0 Å². The molecule has 0 aliphatic carbocycles. The molecule has 0 N–H and O–H groups in total. The first-order chi connectivity index (χ1) is 13.0. The Morgan fingerprint density at radius 1 is 1.19 bits per heavy atom. The van der Waals surface area contributed by atoms with Gasteiger partial charge in [-0.15, -0.1) is 0 Å². The number of amides is 1. The summed E-state index contributed by atoms with van der Waals surface area (Å²) in [5, 5.41) is 0.680. The summed E-state index contributed by atoms with van der Waals surface area (Å²) in [5.41, 5.74) is 3.92. The van der Waals surface area contributed by atoms with Crippen LogP contribution in [0.25, 0.3) is 10.2 Å². The number of halogens is 1. The number of furan rings is 1. The van der Waals surface area contributed by atoms with E-state index in [0.29, 0.717) is 17.2 Å². The Morgan fingerprint density at radius 2 is 2.00 bits per heavy atom. The van der Waals surface area contributed by atoms with Crippen molar-refractivity contribution in [1.29, 1.82) is 0 Å². The number of hydrogen-bond donors (Lipinski definition) is 0. The minimum Gasteiger partial charge on any atom is -0.467 e. The quantitative estimate of drug-likeness (QED) is 0.333. The number of aryl methyl sites for hydroxylation is 2. The summed E-state index contributed by atoms with van der Waals surface area (Å²) in [6, 6.07) is 15.5. The van der Waals surface area contributed by atoms with Crippen molar-refractivity contribution in [3.8, 4) is 0 Å². The molecule has 136 valence electrons. The molecule has 4 aromatic rings. The normalized spacial score (nSPS) is 11.1. The van der Waals surface area contributed by atoms with Crippen LogP contribution in [0.5, 0.6) is 0 Å². The molecule has 0 spiro atoms. The Bertz CT molecular complexity index is 1120. The van der Waals surface area contributed by atoms with Gasteiger partial charge in [0.25, 0.3) is 5.91 Å². The molecule has 0 fully saturated rings. The maximum atomic E-state index is 13.4. The smallest absolute Gasteiger partial charge is 0.261 e. The Morgan fingerprint density at radius 3 is 2.74 bits per heavy atom. The number of thiazole rings is 1. The second kappa shape index (κ2) is 7.44. The third-order valence-electron chi connectivity index (χ3n) is 4.29. The van der Waals surface area contributed by atoms with Crippen LogP contribution < -0.4 is 4.90 Å². The Labute approximate surface area is 175 Å². The molecule has 6 heteroatoms. The van der Waals surface area contributed by atoms with Crippen molar-refractivity contribution in [3.05, 3.63) is 80.8 Å². The van der Waals surface area contributed by atoms with Gasteiger partial charge < -0.3 is 4.42 Å². The zero-order valence-corrected chi connectivity index (χ0v) is 17.9. The molecule has 27 heavy (non-hydrogen) atoms. The van der Waals surface area contributed by atoms with E-state index in [9.17, 15) is 4.79 Å². The number of aromatic nitrogens is 1. The van der Waals surface area contributed by atoms with Gasteiger partial charge in [-0.25, -0.2) is 4.98 Å². The van der Waals surface area contributed by atoms with Crippen LogP contribution in [0.2, 0.25) is 0 Å². The molecule has 1 amide bonds. The van der Waals surface area contributed by atoms with Crippen LogP contribution in [0.3, 0.4) is 0 Å². The van der Waals surface area contributed by atoms with E-state index < -0.39 is 0 Å². The Balaban J connectivity index is 1.82. The molecule has 0 radical (unpaired) electrons. The Kier molecular flexibility index (Phi) is 5.01. The summed E-state index contributed by atoms with van der Waals surface area (Å²) in [5.74, 6) is 0.645. The average Bonchev–Trinajstić information content (AvgIpc) is 3.29. The number of fused-ring (bicyclic) bond motifs is 1. The van der Waals surface area contributed by atoms with Gasteiger partial charge in [0.05, 0.1) is 28.6 Å². The van der Waals surface area contributed by atoms with Crippen molar-refractivity contribution in [2.75, 3.05) is 4.90 Å². The fourth-order valence-corrected chi connectivity index (χ4v) is 4.80. The van der Waals surface area contributed by atoms with Gasteiger partial charge in [-0.1, -0.05) is 29.5 Å². The number of hydrogen-bond acceptors (Lipinski definition) is 4. The first kappa shape index (κ1) is 18.2. The van der Waals surface area contributed by atoms with Gasteiger partial charge in [-0.3, -0.25) is 9.69 Å². The third-order valence-corrected chi connectivity index (χ3v) is 6.26. The molecule has 0 aliphatic heterocycles. The monoisotopic (exact) mass is 488 g/mol. The number of carbonyl (C=O) groups excluding carboxylic acids is 1. The van der Waals surface area contributed by atoms with Gasteiger partial charge in [0, 0.05) is 3.57 Å². The topological polar surface area (TPSA) is 46.3 Å².